The van der Waals surface area contributed by atoms with E-state index >= 15 is 0 Å². The van der Waals surface area contributed by atoms with Gasteiger partial charge in [0.1, 0.15) is 0 Å². The van der Waals surface area contributed by atoms with Crippen LogP contribution in [-0.4, -0.2) is 44.8 Å². The quantitative estimate of drug-likeness (QED) is 0.701. The Kier molecular flexibility index (Phi) is 2.07. The number of amides is 1. The number of carboxylic acids is 1. The molecule has 0 unspecified atom stereocenters. The summed E-state index contributed by atoms with van der Waals surface area (Å²) >= 11 is 1.48. The van der Waals surface area contributed by atoms with Crippen LogP contribution in [0.15, 0.2) is 0 Å². The minimum absolute atomic E-state index is 0.0523. The highest BCUT2D eigenvalue weighted by molar-refractivity contribution is 8.01. The molecule has 2 aliphatic rings. The molecule has 5 nitrogen and oxygen atoms in total. The topological polar surface area (TPSA) is 66.8 Å². The number of hydrogen-bond donors (Lipinski definition) is 1. The zero-order chi connectivity index (χ0) is 11.4. The SMILES string of the molecule is CO[C@@]1(C(=O)O)N2C(=O)C[C@H]2SC1(C)C. The first-order chi connectivity index (χ1) is 6.87. The molecule has 0 aromatic rings. The third-order valence-electron chi connectivity index (χ3n) is 3.08. The van der Waals surface area contributed by atoms with E-state index in [1.54, 1.807) is 13.8 Å². The first kappa shape index (κ1) is 10.8. The van der Waals surface area contributed by atoms with Crippen LogP contribution in [0.4, 0.5) is 0 Å². The van der Waals surface area contributed by atoms with E-state index in [0.717, 1.165) is 0 Å². The number of β-lactam (4-membered cyclic amide) rings is 1. The van der Waals surface area contributed by atoms with Crippen molar-refractivity contribution in [2.75, 3.05) is 7.11 Å². The molecule has 2 atom stereocenters. The van der Waals surface area contributed by atoms with Crippen LogP contribution in [0, 0.1) is 0 Å². The van der Waals surface area contributed by atoms with Crippen molar-refractivity contribution in [2.45, 2.75) is 36.1 Å². The summed E-state index contributed by atoms with van der Waals surface area (Å²) in [6.45, 7) is 3.59. The standard InChI is InChI=1S/C9H13NO4S/c1-8(2)9(14-3,7(12)13)10-5(11)4-6(10)15-8/h6H,4H2,1-3H3,(H,12,13)/t6-,9-/m1/s1. The highest BCUT2D eigenvalue weighted by Gasteiger charge is 2.70. The summed E-state index contributed by atoms with van der Waals surface area (Å²) in [5.41, 5.74) is -1.52. The minimum Gasteiger partial charge on any atom is -0.478 e. The van der Waals surface area contributed by atoms with Gasteiger partial charge in [0, 0.05) is 7.11 Å². The summed E-state index contributed by atoms with van der Waals surface area (Å²) in [5, 5.41) is 9.25. The summed E-state index contributed by atoms with van der Waals surface area (Å²) in [4.78, 5) is 24.2. The second kappa shape index (κ2) is 2.89. The van der Waals surface area contributed by atoms with E-state index in [1.165, 1.54) is 23.8 Å². The predicted octanol–water partition coefficient (Wildman–Crippen LogP) is 0.498. The Balaban J connectivity index is 2.49. The molecule has 0 aromatic carbocycles. The maximum absolute atomic E-state index is 11.4. The lowest BCUT2D eigenvalue weighted by molar-refractivity contribution is -0.208. The highest BCUT2D eigenvalue weighted by atomic mass is 32.2. The normalized spacial score (nSPS) is 37.4. The van der Waals surface area contributed by atoms with Crippen molar-refractivity contribution in [3.8, 4) is 0 Å². The van der Waals surface area contributed by atoms with Crippen molar-refractivity contribution in [2.24, 2.45) is 0 Å². The first-order valence-corrected chi connectivity index (χ1v) is 5.53. The van der Waals surface area contributed by atoms with E-state index in [-0.39, 0.29) is 11.3 Å². The molecule has 2 rings (SSSR count). The molecule has 0 aromatic heterocycles. The zero-order valence-electron chi connectivity index (χ0n) is 8.81. The van der Waals surface area contributed by atoms with Gasteiger partial charge in [0.25, 0.3) is 5.72 Å². The van der Waals surface area contributed by atoms with Gasteiger partial charge in [-0.2, -0.15) is 0 Å². The zero-order valence-corrected chi connectivity index (χ0v) is 9.63. The van der Waals surface area contributed by atoms with E-state index in [1.807, 2.05) is 0 Å². The van der Waals surface area contributed by atoms with Crippen LogP contribution in [0.2, 0.25) is 0 Å². The number of carbonyl (C=O) groups is 2. The first-order valence-electron chi connectivity index (χ1n) is 4.65. The fraction of sp³-hybridized carbons (Fsp3) is 0.778. The molecule has 0 saturated carbocycles. The number of rotatable bonds is 2. The smallest absolute Gasteiger partial charge is 0.359 e. The summed E-state index contributed by atoms with van der Waals surface area (Å²) in [5.74, 6) is -1.25. The third-order valence-corrected chi connectivity index (χ3v) is 4.59. The molecule has 6 heteroatoms. The van der Waals surface area contributed by atoms with Gasteiger partial charge in [-0.25, -0.2) is 4.79 Å². The van der Waals surface area contributed by atoms with Gasteiger partial charge in [-0.05, 0) is 13.8 Å². The van der Waals surface area contributed by atoms with Gasteiger partial charge < -0.3 is 9.84 Å². The minimum atomic E-state index is -1.52. The Bertz CT molecular complexity index is 343. The van der Waals surface area contributed by atoms with Crippen LogP contribution in [0.25, 0.3) is 0 Å². The van der Waals surface area contributed by atoms with Gasteiger partial charge in [-0.1, -0.05) is 0 Å². The Morgan fingerprint density at radius 2 is 2.27 bits per heavy atom. The number of carbonyl (C=O) groups excluding carboxylic acids is 1. The molecular weight excluding hydrogens is 218 g/mol. The number of carboxylic acid groups (broad SMARTS) is 1. The highest BCUT2D eigenvalue weighted by Crippen LogP contribution is 2.56. The van der Waals surface area contributed by atoms with E-state index in [0.29, 0.717) is 6.42 Å². The average molecular weight is 231 g/mol. The van der Waals surface area contributed by atoms with Crippen LogP contribution in [0.3, 0.4) is 0 Å². The van der Waals surface area contributed by atoms with Crippen LogP contribution < -0.4 is 0 Å². The number of methoxy groups -OCH3 is 1. The third kappa shape index (κ3) is 1.04. The number of aliphatic carboxylic acids is 1. The molecule has 1 amide bonds. The molecule has 2 fully saturated rings. The van der Waals surface area contributed by atoms with E-state index in [4.69, 9.17) is 4.74 Å². The van der Waals surface area contributed by atoms with Crippen LogP contribution in [-0.2, 0) is 14.3 Å². The lowest BCUT2D eigenvalue weighted by Gasteiger charge is -2.44. The predicted molar refractivity (Wildman–Crippen MR) is 54.3 cm³/mol. The lowest BCUT2D eigenvalue weighted by atomic mass is 9.93. The van der Waals surface area contributed by atoms with E-state index in [2.05, 4.69) is 0 Å². The molecule has 0 aliphatic carbocycles. The molecule has 15 heavy (non-hydrogen) atoms. The Hall–Kier alpha value is -0.750. The average Bonchev–Trinajstić information content (AvgIpc) is 2.29. The monoisotopic (exact) mass is 231 g/mol. The second-order valence-corrected chi connectivity index (χ2v) is 6.00. The number of fused-ring (bicyclic) bond motifs is 1. The maximum atomic E-state index is 11.4. The van der Waals surface area contributed by atoms with E-state index < -0.39 is 16.4 Å². The number of ether oxygens (including phenoxy) is 1. The molecule has 2 aliphatic heterocycles. The van der Waals surface area contributed by atoms with Gasteiger partial charge in [-0.15, -0.1) is 11.8 Å². The Labute approximate surface area is 91.8 Å². The number of hydrogen-bond acceptors (Lipinski definition) is 4. The van der Waals surface area contributed by atoms with E-state index in [9.17, 15) is 14.7 Å². The van der Waals surface area contributed by atoms with Crippen LogP contribution >= 0.6 is 11.8 Å². The van der Waals surface area contributed by atoms with Crippen LogP contribution in [0.1, 0.15) is 20.3 Å². The number of nitrogens with zero attached hydrogens (tertiary/aromatic N) is 1. The van der Waals surface area contributed by atoms with Gasteiger partial charge in [-0.3, -0.25) is 9.69 Å². The van der Waals surface area contributed by atoms with Gasteiger partial charge in [0.2, 0.25) is 5.91 Å². The van der Waals surface area contributed by atoms with Crippen molar-refractivity contribution in [1.29, 1.82) is 0 Å². The summed E-state index contributed by atoms with van der Waals surface area (Å²) in [6, 6.07) is 0. The molecular formula is C9H13NO4S. The molecule has 2 saturated heterocycles. The Morgan fingerprint density at radius 3 is 2.60 bits per heavy atom. The van der Waals surface area contributed by atoms with Crippen LogP contribution in [0.5, 0.6) is 0 Å². The summed E-state index contributed by atoms with van der Waals surface area (Å²) in [6.07, 6.45) is 0.409. The molecule has 84 valence electrons. The summed E-state index contributed by atoms with van der Waals surface area (Å²) < 4.78 is 4.53. The Morgan fingerprint density at radius 1 is 1.67 bits per heavy atom. The summed E-state index contributed by atoms with van der Waals surface area (Å²) in [7, 11) is 1.34. The molecule has 2 heterocycles. The molecule has 1 N–H and O–H groups in total. The largest absolute Gasteiger partial charge is 0.478 e. The van der Waals surface area contributed by atoms with Gasteiger partial charge in [0.15, 0.2) is 0 Å². The molecule has 0 spiro atoms. The molecule has 0 radical (unpaired) electrons. The second-order valence-electron chi connectivity index (χ2n) is 4.20. The van der Waals surface area contributed by atoms with Crippen molar-refractivity contribution in [1.82, 2.24) is 4.90 Å². The molecule has 0 bridgehead atoms. The van der Waals surface area contributed by atoms with Crippen molar-refractivity contribution >= 4 is 23.6 Å². The van der Waals surface area contributed by atoms with Gasteiger partial charge >= 0.3 is 5.97 Å². The van der Waals surface area contributed by atoms with Crippen molar-refractivity contribution < 1.29 is 19.4 Å². The number of thioether (sulfide) groups is 1. The fourth-order valence-corrected chi connectivity index (χ4v) is 4.07. The van der Waals surface area contributed by atoms with Crippen molar-refractivity contribution in [3.05, 3.63) is 0 Å². The fourth-order valence-electron chi connectivity index (χ4n) is 2.36. The lowest BCUT2D eigenvalue weighted by Crippen LogP contribution is -2.68. The van der Waals surface area contributed by atoms with Gasteiger partial charge in [0.05, 0.1) is 16.5 Å². The van der Waals surface area contributed by atoms with Crippen molar-refractivity contribution in [3.63, 3.8) is 0 Å². The maximum Gasteiger partial charge on any atom is 0.359 e.